The summed E-state index contributed by atoms with van der Waals surface area (Å²) in [6, 6.07) is 15.6. The molecule has 0 saturated heterocycles. The second-order valence-corrected chi connectivity index (χ2v) is 9.70. The van der Waals surface area contributed by atoms with E-state index in [4.69, 9.17) is 0 Å². The molecular weight excluding hydrogens is 494 g/mol. The number of hydrogen-bond acceptors (Lipinski definition) is 1. The Balaban J connectivity index is 0.00000141. The van der Waals surface area contributed by atoms with Crippen LogP contribution in [0.4, 0.5) is 5.69 Å². The van der Waals surface area contributed by atoms with E-state index >= 15 is 0 Å². The first-order valence-electron chi connectivity index (χ1n) is 15.5. The molecule has 0 saturated carbocycles. The van der Waals surface area contributed by atoms with Gasteiger partial charge in [0.15, 0.2) is 0 Å². The maximum absolute atomic E-state index is 4.41. The Morgan fingerprint density at radius 1 is 0.902 bits per heavy atom. The number of benzene rings is 2. The molecule has 1 heteroatoms. The molecule has 41 heavy (non-hydrogen) atoms. The van der Waals surface area contributed by atoms with Crippen LogP contribution in [0.3, 0.4) is 0 Å². The number of fused-ring (bicyclic) bond motifs is 1. The van der Waals surface area contributed by atoms with Gasteiger partial charge in [0.2, 0.25) is 0 Å². The van der Waals surface area contributed by atoms with Crippen molar-refractivity contribution < 1.29 is 0 Å². The van der Waals surface area contributed by atoms with Crippen LogP contribution in [0.25, 0.3) is 11.6 Å². The number of rotatable bonds is 9. The van der Waals surface area contributed by atoms with Gasteiger partial charge in [0.25, 0.3) is 0 Å². The highest BCUT2D eigenvalue weighted by Crippen LogP contribution is 2.31. The molecule has 0 aliphatic heterocycles. The molecule has 0 aromatic heterocycles. The molecule has 0 bridgehead atoms. The van der Waals surface area contributed by atoms with Crippen LogP contribution in [0.1, 0.15) is 89.5 Å². The Morgan fingerprint density at radius 2 is 1.66 bits per heavy atom. The Hall–Kier alpha value is -3.84. The molecule has 0 unspecified atom stereocenters. The first-order chi connectivity index (χ1) is 20.1. The summed E-state index contributed by atoms with van der Waals surface area (Å²) in [7, 11) is 0. The minimum absolute atomic E-state index is 0.910. The van der Waals surface area contributed by atoms with Crippen molar-refractivity contribution in [1.82, 2.24) is 0 Å². The summed E-state index contributed by atoms with van der Waals surface area (Å²) in [6.45, 7) is 18.7. The summed E-state index contributed by atoms with van der Waals surface area (Å²) >= 11 is 0. The topological polar surface area (TPSA) is 3.24 Å². The lowest BCUT2D eigenvalue weighted by molar-refractivity contribution is 0.933. The lowest BCUT2D eigenvalue weighted by Gasteiger charge is -2.26. The number of hydrogen-bond donors (Lipinski definition) is 0. The summed E-state index contributed by atoms with van der Waals surface area (Å²) in [5.74, 6) is 0. The number of allylic oxidation sites excluding steroid dienone is 13. The molecule has 0 atom stereocenters. The molecule has 1 nitrogen and oxygen atoms in total. The smallest absolute Gasteiger partial charge is 0.0458 e. The Bertz CT molecular complexity index is 1320. The normalized spacial score (nSPS) is 14.3. The largest absolute Gasteiger partial charge is 0.321 e. The van der Waals surface area contributed by atoms with Crippen LogP contribution in [0.5, 0.6) is 0 Å². The van der Waals surface area contributed by atoms with Gasteiger partial charge in [0.1, 0.15) is 0 Å². The van der Waals surface area contributed by atoms with Crippen LogP contribution < -0.4 is 4.90 Å². The predicted molar refractivity (Wildman–Crippen MR) is 186 cm³/mol. The van der Waals surface area contributed by atoms with Crippen molar-refractivity contribution in [1.29, 1.82) is 0 Å². The van der Waals surface area contributed by atoms with Crippen molar-refractivity contribution in [3.05, 3.63) is 149 Å². The lowest BCUT2D eigenvalue weighted by atomic mass is 9.96. The van der Waals surface area contributed by atoms with Crippen molar-refractivity contribution in [3.8, 4) is 0 Å². The number of nitrogens with zero attached hydrogens (tertiary/aromatic N) is 1. The second-order valence-electron chi connectivity index (χ2n) is 9.70. The van der Waals surface area contributed by atoms with Crippen molar-refractivity contribution in [2.45, 2.75) is 80.6 Å². The molecule has 2 aromatic rings. The Morgan fingerprint density at radius 3 is 2.37 bits per heavy atom. The fourth-order valence-corrected chi connectivity index (χ4v) is 4.84. The SMILES string of the molecule is C=C(CC/C(=C\C)N(/C=C/C1=CC=CCC=C1/C=C\C)c1ccc2c(c1)C=CCC2)c1ccc(C)cc1.CC.CC. The van der Waals surface area contributed by atoms with Gasteiger partial charge in [0, 0.05) is 17.6 Å². The molecule has 2 aliphatic carbocycles. The minimum atomic E-state index is 0.910. The van der Waals surface area contributed by atoms with Gasteiger partial charge in [-0.15, -0.1) is 0 Å². The van der Waals surface area contributed by atoms with E-state index in [0.29, 0.717) is 0 Å². The molecule has 4 rings (SSSR count). The fraction of sp³-hybridized carbons (Fsp3) is 0.300. The summed E-state index contributed by atoms with van der Waals surface area (Å²) in [6.07, 6.45) is 29.4. The van der Waals surface area contributed by atoms with E-state index in [-0.39, 0.29) is 0 Å². The van der Waals surface area contributed by atoms with E-state index in [1.807, 2.05) is 27.7 Å². The molecular formula is C40H51N. The van der Waals surface area contributed by atoms with Gasteiger partial charge in [-0.2, -0.15) is 0 Å². The van der Waals surface area contributed by atoms with E-state index in [9.17, 15) is 0 Å². The molecule has 2 aliphatic rings. The van der Waals surface area contributed by atoms with E-state index in [1.165, 1.54) is 50.4 Å². The Labute approximate surface area is 251 Å². The first kappa shape index (κ1) is 33.4. The Kier molecular flexibility index (Phi) is 15.1. The molecule has 0 heterocycles. The summed E-state index contributed by atoms with van der Waals surface area (Å²) < 4.78 is 0. The van der Waals surface area contributed by atoms with E-state index in [1.54, 1.807) is 0 Å². The van der Waals surface area contributed by atoms with Crippen molar-refractivity contribution in [2.24, 2.45) is 0 Å². The van der Waals surface area contributed by atoms with E-state index < -0.39 is 0 Å². The third-order valence-electron chi connectivity index (χ3n) is 7.04. The lowest BCUT2D eigenvalue weighted by Crippen LogP contribution is -2.16. The maximum Gasteiger partial charge on any atom is 0.0458 e. The highest BCUT2D eigenvalue weighted by atomic mass is 15.1. The zero-order chi connectivity index (χ0) is 30.0. The van der Waals surface area contributed by atoms with Gasteiger partial charge in [0.05, 0.1) is 0 Å². The minimum Gasteiger partial charge on any atom is -0.321 e. The van der Waals surface area contributed by atoms with Gasteiger partial charge in [-0.3, -0.25) is 0 Å². The van der Waals surface area contributed by atoms with Crippen LogP contribution in [-0.4, -0.2) is 0 Å². The number of anilines is 1. The summed E-state index contributed by atoms with van der Waals surface area (Å²) in [5.41, 5.74) is 11.4. The molecule has 0 N–H and O–H groups in total. The molecule has 216 valence electrons. The van der Waals surface area contributed by atoms with Crippen molar-refractivity contribution in [2.75, 3.05) is 4.90 Å². The average Bonchev–Trinajstić information content (AvgIpc) is 3.25. The van der Waals surface area contributed by atoms with E-state index in [0.717, 1.165) is 32.1 Å². The zero-order valence-corrected chi connectivity index (χ0v) is 26.6. The highest BCUT2D eigenvalue weighted by Gasteiger charge is 2.14. The zero-order valence-electron chi connectivity index (χ0n) is 26.6. The average molecular weight is 546 g/mol. The monoisotopic (exact) mass is 545 g/mol. The third kappa shape index (κ3) is 9.94. The molecule has 2 aromatic carbocycles. The standard InChI is InChI=1S/C36H39N.2C2H6/c1-5-12-31-13-8-7-9-14-33(31)25-26-37(36-24-22-32-15-10-11-16-34(32)27-36)35(6-2)23-19-29(4)30-20-17-28(3)18-21-30;2*1-2/h5-7,9,11-14,16-18,20-22,24-27H,4,8,10,15,19,23H2,1-3H3;2*1-2H3/b12-5-,26-25+,35-6+;;. The maximum atomic E-state index is 4.41. The fourth-order valence-electron chi connectivity index (χ4n) is 4.84. The van der Waals surface area contributed by atoms with Crippen LogP contribution in [0.2, 0.25) is 0 Å². The summed E-state index contributed by atoms with van der Waals surface area (Å²) in [5, 5.41) is 0. The predicted octanol–water partition coefficient (Wildman–Crippen LogP) is 12.1. The second kappa shape index (κ2) is 18.5. The molecule has 0 amide bonds. The van der Waals surface area contributed by atoms with Gasteiger partial charge in [-0.05, 0) is 104 Å². The van der Waals surface area contributed by atoms with Crippen molar-refractivity contribution in [3.63, 3.8) is 0 Å². The first-order valence-corrected chi connectivity index (χ1v) is 15.5. The highest BCUT2D eigenvalue weighted by molar-refractivity contribution is 5.68. The summed E-state index contributed by atoms with van der Waals surface area (Å²) in [4.78, 5) is 2.36. The number of aryl methyl sites for hydroxylation is 2. The quantitative estimate of drug-likeness (QED) is 0.303. The van der Waals surface area contributed by atoms with Crippen LogP contribution in [-0.2, 0) is 6.42 Å². The van der Waals surface area contributed by atoms with Crippen LogP contribution >= 0.6 is 0 Å². The van der Waals surface area contributed by atoms with Gasteiger partial charge < -0.3 is 4.90 Å². The third-order valence-corrected chi connectivity index (χ3v) is 7.04. The van der Waals surface area contributed by atoms with Crippen molar-refractivity contribution >= 4 is 17.3 Å². The van der Waals surface area contributed by atoms with Crippen LogP contribution in [0.15, 0.2) is 127 Å². The van der Waals surface area contributed by atoms with E-state index in [2.05, 4.69) is 142 Å². The van der Waals surface area contributed by atoms with Gasteiger partial charge >= 0.3 is 0 Å². The molecule has 0 radical (unpaired) electrons. The van der Waals surface area contributed by atoms with Gasteiger partial charge in [-0.1, -0.05) is 125 Å². The van der Waals surface area contributed by atoms with Gasteiger partial charge in [-0.25, -0.2) is 0 Å². The molecule has 0 spiro atoms. The molecule has 0 fully saturated rings. The van der Waals surface area contributed by atoms with Crippen LogP contribution in [0, 0.1) is 6.92 Å².